The molecular formula is C29H43F4N5O5. The van der Waals surface area contributed by atoms with Gasteiger partial charge in [0.15, 0.2) is 17.4 Å². The molecule has 0 bridgehead atoms. The van der Waals surface area contributed by atoms with Crippen molar-refractivity contribution in [2.45, 2.75) is 104 Å². The molecule has 1 heterocycles. The van der Waals surface area contributed by atoms with Crippen LogP contribution in [-0.2, 0) is 14.4 Å². The van der Waals surface area contributed by atoms with Crippen molar-refractivity contribution >= 4 is 23.6 Å². The molecule has 5 atom stereocenters. The lowest BCUT2D eigenvalue weighted by Crippen LogP contribution is -2.55. The van der Waals surface area contributed by atoms with Crippen molar-refractivity contribution in [1.82, 2.24) is 26.2 Å². The van der Waals surface area contributed by atoms with Crippen molar-refractivity contribution in [1.29, 1.82) is 0 Å². The third-order valence-corrected chi connectivity index (χ3v) is 7.42. The van der Waals surface area contributed by atoms with Gasteiger partial charge in [0.1, 0.15) is 17.6 Å². The molecule has 1 aliphatic heterocycles. The summed E-state index contributed by atoms with van der Waals surface area (Å²) in [6, 6.07) is -3.07. The van der Waals surface area contributed by atoms with Crippen molar-refractivity contribution in [3.63, 3.8) is 0 Å². The summed E-state index contributed by atoms with van der Waals surface area (Å²) < 4.78 is 56.3. The second kappa shape index (κ2) is 15.9. The highest BCUT2D eigenvalue weighted by Crippen LogP contribution is 2.29. The summed E-state index contributed by atoms with van der Waals surface area (Å²) in [6.45, 7) is 11.9. The Kier molecular flexibility index (Phi) is 13.2. The number of carbonyl (C=O) groups is 4. The molecule has 14 heteroatoms. The van der Waals surface area contributed by atoms with Gasteiger partial charge in [-0.3, -0.25) is 24.1 Å². The SMILES string of the molecule is CCC[C@H](NC(=O)[C@H](CC(C)C)NC(=O)c1c(F)c(F)c(O)c(F)c1F)C(=O)N[C@H]1CC(C)N([C@@H](CC)C(=O)NCC)C1. The Balaban J connectivity index is 2.18. The second-order valence-corrected chi connectivity index (χ2v) is 11.3. The quantitative estimate of drug-likeness (QED) is 0.161. The number of aromatic hydroxyl groups is 1. The Bertz CT molecular complexity index is 1160. The van der Waals surface area contributed by atoms with E-state index >= 15 is 0 Å². The molecule has 4 amide bonds. The summed E-state index contributed by atoms with van der Waals surface area (Å²) in [5, 5.41) is 19.7. The standard InChI is InChI=1S/C29H43F4N5O5/c1-7-10-17(26(40)35-16-12-15(6)38(13-16)19(8-2)28(42)34-9-3)36-27(41)18(11-14(4)5)37-29(43)20-21(30)23(32)25(39)24(33)22(20)31/h14-19,39H,7-13H2,1-6H3,(H,34,42)(H,35,40)(H,36,41)(H,37,43)/t15?,16-,17-,18-,19-/m0/s1. The van der Waals surface area contributed by atoms with Gasteiger partial charge in [-0.2, -0.15) is 8.78 Å². The van der Waals surface area contributed by atoms with Crippen molar-refractivity contribution < 1.29 is 41.8 Å². The van der Waals surface area contributed by atoms with Crippen molar-refractivity contribution in [3.8, 4) is 5.75 Å². The van der Waals surface area contributed by atoms with E-state index in [0.29, 0.717) is 32.4 Å². The third kappa shape index (κ3) is 8.80. The van der Waals surface area contributed by atoms with E-state index in [-0.39, 0.29) is 42.8 Å². The normalized spacial score (nSPS) is 19.0. The topological polar surface area (TPSA) is 140 Å². The fourth-order valence-electron chi connectivity index (χ4n) is 5.34. The highest BCUT2D eigenvalue weighted by atomic mass is 19.2. The van der Waals surface area contributed by atoms with E-state index in [9.17, 15) is 41.8 Å². The highest BCUT2D eigenvalue weighted by molar-refractivity contribution is 5.99. The van der Waals surface area contributed by atoms with E-state index in [1.54, 1.807) is 20.8 Å². The molecule has 1 saturated heterocycles. The fourth-order valence-corrected chi connectivity index (χ4v) is 5.34. The van der Waals surface area contributed by atoms with E-state index in [1.165, 1.54) is 0 Å². The highest BCUT2D eigenvalue weighted by Gasteiger charge is 2.38. The van der Waals surface area contributed by atoms with Crippen LogP contribution in [0.5, 0.6) is 5.75 Å². The van der Waals surface area contributed by atoms with Crippen LogP contribution in [0, 0.1) is 29.2 Å². The number of halogens is 4. The number of carbonyl (C=O) groups excluding carboxylic acids is 4. The second-order valence-electron chi connectivity index (χ2n) is 11.3. The van der Waals surface area contributed by atoms with E-state index in [2.05, 4.69) is 21.3 Å². The molecule has 43 heavy (non-hydrogen) atoms. The van der Waals surface area contributed by atoms with E-state index in [0.717, 1.165) is 0 Å². The summed E-state index contributed by atoms with van der Waals surface area (Å²) in [4.78, 5) is 53.8. The molecule has 1 aromatic carbocycles. The van der Waals surface area contributed by atoms with Gasteiger partial charge in [-0.1, -0.05) is 34.1 Å². The average molecular weight is 618 g/mol. The molecule has 1 aromatic rings. The molecule has 1 unspecified atom stereocenters. The number of rotatable bonds is 14. The molecule has 242 valence electrons. The van der Waals surface area contributed by atoms with E-state index in [1.807, 2.05) is 25.7 Å². The van der Waals surface area contributed by atoms with Crippen LogP contribution in [0.3, 0.4) is 0 Å². The summed E-state index contributed by atoms with van der Waals surface area (Å²) in [5.74, 6) is -13.7. The number of likely N-dealkylation sites (N-methyl/N-ethyl adjacent to an activating group) is 1. The summed E-state index contributed by atoms with van der Waals surface area (Å²) in [7, 11) is 0. The van der Waals surface area contributed by atoms with Gasteiger partial charge in [0, 0.05) is 25.2 Å². The van der Waals surface area contributed by atoms with Crippen molar-refractivity contribution in [3.05, 3.63) is 28.8 Å². The zero-order valence-corrected chi connectivity index (χ0v) is 25.5. The first-order valence-electron chi connectivity index (χ1n) is 14.7. The lowest BCUT2D eigenvalue weighted by Gasteiger charge is -2.29. The number of nitrogens with zero attached hydrogens (tertiary/aromatic N) is 1. The van der Waals surface area contributed by atoms with Gasteiger partial charge in [0.2, 0.25) is 29.4 Å². The molecule has 2 rings (SSSR count). The monoisotopic (exact) mass is 617 g/mol. The van der Waals surface area contributed by atoms with Crippen LogP contribution >= 0.6 is 0 Å². The van der Waals surface area contributed by atoms with E-state index < -0.39 is 64.4 Å². The molecule has 1 fully saturated rings. The lowest BCUT2D eigenvalue weighted by atomic mass is 10.0. The molecule has 5 N–H and O–H groups in total. The van der Waals surface area contributed by atoms with Gasteiger partial charge in [0.05, 0.1) is 6.04 Å². The zero-order valence-electron chi connectivity index (χ0n) is 25.5. The van der Waals surface area contributed by atoms with Crippen LogP contribution < -0.4 is 21.3 Å². The van der Waals surface area contributed by atoms with Crippen LogP contribution in [-0.4, -0.2) is 76.9 Å². The number of amides is 4. The number of hydrogen-bond donors (Lipinski definition) is 5. The first kappa shape index (κ1) is 35.8. The molecule has 0 spiro atoms. The zero-order chi connectivity index (χ0) is 32.6. The Morgan fingerprint density at radius 1 is 0.907 bits per heavy atom. The average Bonchev–Trinajstić information content (AvgIpc) is 3.29. The van der Waals surface area contributed by atoms with Crippen molar-refractivity contribution in [2.75, 3.05) is 13.1 Å². The number of phenolic OH excluding ortho intramolecular Hbond substituents is 1. The molecule has 1 aliphatic rings. The first-order chi connectivity index (χ1) is 20.2. The molecule has 0 aromatic heterocycles. The van der Waals surface area contributed by atoms with Gasteiger partial charge in [-0.15, -0.1) is 0 Å². The molecule has 10 nitrogen and oxygen atoms in total. The van der Waals surface area contributed by atoms with Gasteiger partial charge < -0.3 is 26.4 Å². The van der Waals surface area contributed by atoms with Gasteiger partial charge in [0.25, 0.3) is 5.91 Å². The van der Waals surface area contributed by atoms with Crippen LogP contribution in [0.15, 0.2) is 0 Å². The summed E-state index contributed by atoms with van der Waals surface area (Å²) >= 11 is 0. The first-order valence-corrected chi connectivity index (χ1v) is 14.7. The minimum atomic E-state index is -2.15. The van der Waals surface area contributed by atoms with Crippen LogP contribution in [0.1, 0.15) is 84.0 Å². The van der Waals surface area contributed by atoms with Gasteiger partial charge >= 0.3 is 0 Å². The minimum Gasteiger partial charge on any atom is -0.503 e. The number of benzene rings is 1. The fraction of sp³-hybridized carbons (Fsp3) is 0.655. The number of likely N-dealkylation sites (tertiary alicyclic amines) is 1. The lowest BCUT2D eigenvalue weighted by molar-refractivity contribution is -0.130. The molecule has 0 radical (unpaired) electrons. The number of hydrogen-bond acceptors (Lipinski definition) is 6. The van der Waals surface area contributed by atoms with Gasteiger partial charge in [-0.05, 0) is 45.4 Å². The van der Waals surface area contributed by atoms with Crippen molar-refractivity contribution in [2.24, 2.45) is 5.92 Å². The largest absolute Gasteiger partial charge is 0.503 e. The Labute approximate surface area is 249 Å². The maximum atomic E-state index is 14.3. The number of phenols is 1. The van der Waals surface area contributed by atoms with Crippen LogP contribution in [0.25, 0.3) is 0 Å². The van der Waals surface area contributed by atoms with E-state index in [4.69, 9.17) is 0 Å². The Morgan fingerprint density at radius 2 is 1.51 bits per heavy atom. The van der Waals surface area contributed by atoms with Crippen LogP contribution in [0.2, 0.25) is 0 Å². The summed E-state index contributed by atoms with van der Waals surface area (Å²) in [6.07, 6.45) is 1.88. The van der Waals surface area contributed by atoms with Gasteiger partial charge in [-0.25, -0.2) is 8.78 Å². The Morgan fingerprint density at radius 3 is 2.02 bits per heavy atom. The molecule has 0 saturated carbocycles. The Hall–Kier alpha value is -3.42. The predicted octanol–water partition coefficient (Wildman–Crippen LogP) is 2.87. The minimum absolute atomic E-state index is 0.0121. The molecular weight excluding hydrogens is 574 g/mol. The smallest absolute Gasteiger partial charge is 0.258 e. The predicted molar refractivity (Wildman–Crippen MR) is 151 cm³/mol. The van der Waals surface area contributed by atoms with Crippen LogP contribution in [0.4, 0.5) is 17.6 Å². The third-order valence-electron chi connectivity index (χ3n) is 7.42. The molecule has 0 aliphatic carbocycles. The maximum Gasteiger partial charge on any atom is 0.258 e. The summed E-state index contributed by atoms with van der Waals surface area (Å²) in [5.41, 5.74) is -1.63. The maximum absolute atomic E-state index is 14.3. The number of nitrogens with one attached hydrogen (secondary N) is 4.